The highest BCUT2D eigenvalue weighted by atomic mass is 16.5. The van der Waals surface area contributed by atoms with Crippen LogP contribution in [0.15, 0.2) is 65.6 Å². The van der Waals surface area contributed by atoms with E-state index >= 15 is 0 Å². The van der Waals surface area contributed by atoms with Gasteiger partial charge in [0.05, 0.1) is 17.4 Å². The van der Waals surface area contributed by atoms with Crippen molar-refractivity contribution in [2.75, 3.05) is 6.61 Å². The molecule has 3 N–H and O–H groups in total. The van der Waals surface area contributed by atoms with Crippen LogP contribution in [0, 0.1) is 18.3 Å². The molecular formula is C29H30N4O4. The monoisotopic (exact) mass is 498 g/mol. The summed E-state index contributed by atoms with van der Waals surface area (Å²) in [7, 11) is 0. The highest BCUT2D eigenvalue weighted by Crippen LogP contribution is 2.22. The molecule has 8 nitrogen and oxygen atoms in total. The topological polar surface area (TPSA) is 120 Å². The van der Waals surface area contributed by atoms with Crippen molar-refractivity contribution in [3.05, 3.63) is 93.4 Å². The first-order valence-corrected chi connectivity index (χ1v) is 12.2. The summed E-state index contributed by atoms with van der Waals surface area (Å²) < 4.78 is 7.24. The fourth-order valence-electron chi connectivity index (χ4n) is 4.25. The number of nitrogens with zero attached hydrogens (tertiary/aromatic N) is 2. The molecule has 4 rings (SSSR count). The number of ether oxygens (including phenoxy) is 1. The zero-order valence-corrected chi connectivity index (χ0v) is 21.1. The van der Waals surface area contributed by atoms with Crippen molar-refractivity contribution in [1.29, 1.82) is 5.26 Å². The molecule has 1 atom stereocenters. The standard InChI is InChI=1S/C29H30N4O4/c1-18(2)37-26-10-9-22(15-23(26)16-30)29(36)31-24(12-13-34)14-20-5-7-21(8-6-20)25-17-33-27(35)11-4-19(3)28(33)32-25/h4-11,15,17-18,24,32,34H,12-14H2,1-3H3,(H,31,36)/t24-/m1/s1. The van der Waals surface area contributed by atoms with Crippen molar-refractivity contribution in [3.63, 3.8) is 0 Å². The number of aryl methyl sites for hydroxylation is 1. The predicted octanol–water partition coefficient (Wildman–Crippen LogP) is 3.99. The summed E-state index contributed by atoms with van der Waals surface area (Å²) in [5.41, 5.74) is 5.06. The third-order valence-electron chi connectivity index (χ3n) is 6.12. The van der Waals surface area contributed by atoms with Crippen molar-refractivity contribution in [1.82, 2.24) is 14.7 Å². The van der Waals surface area contributed by atoms with Gasteiger partial charge in [0.15, 0.2) is 0 Å². The van der Waals surface area contributed by atoms with Gasteiger partial charge in [-0.15, -0.1) is 0 Å². The van der Waals surface area contributed by atoms with Gasteiger partial charge in [-0.3, -0.25) is 14.0 Å². The largest absolute Gasteiger partial charge is 0.490 e. The maximum atomic E-state index is 12.9. The molecule has 0 unspecified atom stereocenters. The number of pyridine rings is 1. The third-order valence-corrected chi connectivity index (χ3v) is 6.12. The fraction of sp³-hybridized carbons (Fsp3) is 0.276. The number of rotatable bonds is 9. The molecule has 0 saturated carbocycles. The quantitative estimate of drug-likeness (QED) is 0.322. The van der Waals surface area contributed by atoms with Crippen LogP contribution in [0.25, 0.3) is 16.9 Å². The molecule has 0 aliphatic heterocycles. The van der Waals surface area contributed by atoms with Gasteiger partial charge in [-0.1, -0.05) is 30.3 Å². The van der Waals surface area contributed by atoms with Crippen molar-refractivity contribution < 1.29 is 14.6 Å². The molecule has 2 aromatic heterocycles. The summed E-state index contributed by atoms with van der Waals surface area (Å²) >= 11 is 0. The Kier molecular flexibility index (Phi) is 7.75. The average Bonchev–Trinajstić information content (AvgIpc) is 3.34. The van der Waals surface area contributed by atoms with E-state index in [-0.39, 0.29) is 30.2 Å². The Morgan fingerprint density at radius 1 is 1.16 bits per heavy atom. The summed E-state index contributed by atoms with van der Waals surface area (Å²) in [4.78, 5) is 28.4. The number of nitriles is 1. The summed E-state index contributed by atoms with van der Waals surface area (Å²) in [6.45, 7) is 5.62. The number of aromatic amines is 1. The second-order valence-corrected chi connectivity index (χ2v) is 9.31. The molecule has 0 bridgehead atoms. The molecule has 8 heteroatoms. The number of nitrogens with one attached hydrogen (secondary N) is 2. The number of carbonyl (C=O) groups excluding carboxylic acids is 1. The van der Waals surface area contributed by atoms with Gasteiger partial charge in [-0.2, -0.15) is 5.26 Å². The van der Waals surface area contributed by atoms with Crippen molar-refractivity contribution >= 4 is 11.6 Å². The smallest absolute Gasteiger partial charge is 0.256 e. The third kappa shape index (κ3) is 5.90. The number of aliphatic hydroxyl groups is 1. The van der Waals surface area contributed by atoms with Gasteiger partial charge in [0, 0.05) is 30.5 Å². The maximum Gasteiger partial charge on any atom is 0.256 e. The molecule has 0 spiro atoms. The van der Waals surface area contributed by atoms with Crippen molar-refractivity contribution in [3.8, 4) is 23.1 Å². The van der Waals surface area contributed by atoms with Gasteiger partial charge in [-0.25, -0.2) is 0 Å². The molecule has 0 aliphatic rings. The molecule has 1 amide bonds. The van der Waals surface area contributed by atoms with Crippen LogP contribution < -0.4 is 15.6 Å². The molecule has 0 aliphatic carbocycles. The first kappa shape index (κ1) is 25.7. The van der Waals surface area contributed by atoms with Gasteiger partial charge in [0.2, 0.25) is 0 Å². The van der Waals surface area contributed by atoms with Gasteiger partial charge < -0.3 is 20.1 Å². The van der Waals surface area contributed by atoms with Crippen molar-refractivity contribution in [2.24, 2.45) is 0 Å². The minimum Gasteiger partial charge on any atom is -0.490 e. The number of hydrogen-bond acceptors (Lipinski definition) is 5. The lowest BCUT2D eigenvalue weighted by Crippen LogP contribution is -2.37. The first-order valence-electron chi connectivity index (χ1n) is 12.2. The van der Waals surface area contributed by atoms with Crippen LogP contribution in [-0.2, 0) is 6.42 Å². The molecule has 2 aromatic carbocycles. The van der Waals surface area contributed by atoms with E-state index in [9.17, 15) is 20.0 Å². The minimum atomic E-state index is -0.318. The Labute approximate surface area is 215 Å². The van der Waals surface area contributed by atoms with E-state index in [1.165, 1.54) is 6.07 Å². The highest BCUT2D eigenvalue weighted by Gasteiger charge is 2.17. The van der Waals surface area contributed by atoms with Crippen LogP contribution in [0.5, 0.6) is 5.75 Å². The maximum absolute atomic E-state index is 12.9. The molecule has 0 saturated heterocycles. The summed E-state index contributed by atoms with van der Waals surface area (Å²) in [6, 6.07) is 17.8. The Morgan fingerprint density at radius 2 is 1.92 bits per heavy atom. The number of aliphatic hydroxyl groups excluding tert-OH is 1. The molecular weight excluding hydrogens is 468 g/mol. The summed E-state index contributed by atoms with van der Waals surface area (Å²) in [5.74, 6) is 0.123. The predicted molar refractivity (Wildman–Crippen MR) is 142 cm³/mol. The SMILES string of the molecule is Cc1ccc(=O)n2cc(-c3ccc(C[C@@H](CCO)NC(=O)c4ccc(OC(C)C)c(C#N)c4)cc3)[nH]c12. The highest BCUT2D eigenvalue weighted by molar-refractivity contribution is 5.95. The number of carbonyl (C=O) groups is 1. The summed E-state index contributed by atoms with van der Waals surface area (Å²) in [5, 5.41) is 22.0. The van der Waals surface area contributed by atoms with Crippen LogP contribution in [0.2, 0.25) is 0 Å². The number of imidazole rings is 1. The molecule has 0 radical (unpaired) electrons. The second kappa shape index (κ2) is 11.1. The lowest BCUT2D eigenvalue weighted by atomic mass is 10.0. The lowest BCUT2D eigenvalue weighted by molar-refractivity contribution is 0.0930. The number of aromatic nitrogens is 2. The van der Waals surface area contributed by atoms with E-state index in [1.54, 1.807) is 34.9 Å². The fourth-order valence-corrected chi connectivity index (χ4v) is 4.25. The van der Waals surface area contributed by atoms with E-state index in [0.717, 1.165) is 28.0 Å². The van der Waals surface area contributed by atoms with Crippen LogP contribution in [0.1, 0.15) is 47.3 Å². The average molecular weight is 499 g/mol. The first-order chi connectivity index (χ1) is 17.8. The van der Waals surface area contributed by atoms with Crippen LogP contribution in [-0.4, -0.2) is 39.2 Å². The minimum absolute atomic E-state index is 0.0726. The molecule has 37 heavy (non-hydrogen) atoms. The van der Waals surface area contributed by atoms with E-state index in [2.05, 4.69) is 16.4 Å². The number of fused-ring (bicyclic) bond motifs is 1. The molecule has 2 heterocycles. The van der Waals surface area contributed by atoms with Crippen LogP contribution in [0.4, 0.5) is 0 Å². The second-order valence-electron chi connectivity index (χ2n) is 9.31. The summed E-state index contributed by atoms with van der Waals surface area (Å²) in [6.07, 6.45) is 2.62. The number of H-pyrrole nitrogens is 1. The Hall–Kier alpha value is -4.35. The van der Waals surface area contributed by atoms with E-state index in [1.807, 2.05) is 45.0 Å². The molecule has 4 aromatic rings. The van der Waals surface area contributed by atoms with Crippen LogP contribution in [0.3, 0.4) is 0 Å². The number of hydrogen-bond donors (Lipinski definition) is 3. The zero-order chi connectivity index (χ0) is 26.5. The van der Waals surface area contributed by atoms with Crippen molar-refractivity contribution in [2.45, 2.75) is 45.8 Å². The Bertz CT molecular complexity index is 1510. The van der Waals surface area contributed by atoms with Gasteiger partial charge in [-0.05, 0) is 68.5 Å². The van der Waals surface area contributed by atoms with E-state index in [4.69, 9.17) is 4.74 Å². The van der Waals surface area contributed by atoms with Crippen LogP contribution >= 0.6 is 0 Å². The van der Waals surface area contributed by atoms with E-state index < -0.39 is 0 Å². The normalized spacial score (nSPS) is 11.9. The number of benzene rings is 2. The van der Waals surface area contributed by atoms with Gasteiger partial charge in [0.1, 0.15) is 17.5 Å². The number of amides is 1. The zero-order valence-electron chi connectivity index (χ0n) is 21.1. The lowest BCUT2D eigenvalue weighted by Gasteiger charge is -2.19. The Morgan fingerprint density at radius 3 is 2.57 bits per heavy atom. The Balaban J connectivity index is 1.48. The van der Waals surface area contributed by atoms with E-state index in [0.29, 0.717) is 29.7 Å². The van der Waals surface area contributed by atoms with Gasteiger partial charge in [0.25, 0.3) is 11.5 Å². The molecule has 0 fully saturated rings. The van der Waals surface area contributed by atoms with Gasteiger partial charge >= 0.3 is 0 Å². The molecule has 190 valence electrons.